The molecule has 1 saturated carbocycles. The van der Waals surface area contributed by atoms with Gasteiger partial charge in [-0.1, -0.05) is 0 Å². The summed E-state index contributed by atoms with van der Waals surface area (Å²) >= 11 is 7.22. The Hall–Kier alpha value is -0.350. The van der Waals surface area contributed by atoms with Crippen molar-refractivity contribution in [2.45, 2.75) is 25.7 Å². The quantitative estimate of drug-likeness (QED) is 0.730. The largest absolute Gasteiger partial charge is 0.346 e. The van der Waals surface area contributed by atoms with Crippen molar-refractivity contribution in [1.29, 1.82) is 0 Å². The lowest BCUT2D eigenvalue weighted by Crippen LogP contribution is -2.24. The maximum Gasteiger partial charge on any atom is 0.205 e. The highest BCUT2D eigenvalue weighted by Gasteiger charge is 2.28. The Morgan fingerprint density at radius 1 is 1.57 bits per heavy atom. The first-order valence-electron chi connectivity index (χ1n) is 4.99. The molecule has 0 unspecified atom stereocenters. The van der Waals surface area contributed by atoms with Crippen LogP contribution in [0.4, 0.5) is 5.13 Å². The van der Waals surface area contributed by atoms with Gasteiger partial charge >= 0.3 is 0 Å². The first-order valence-corrected chi connectivity index (χ1v) is 6.30. The zero-order chi connectivity index (χ0) is 9.97. The molecule has 0 N–H and O–H groups in total. The number of anilines is 1. The van der Waals surface area contributed by atoms with E-state index in [-0.39, 0.29) is 0 Å². The number of aromatic nitrogens is 2. The van der Waals surface area contributed by atoms with E-state index in [1.165, 1.54) is 24.4 Å². The maximum absolute atomic E-state index is 5.72. The minimum absolute atomic E-state index is 0.645. The summed E-state index contributed by atoms with van der Waals surface area (Å²) in [7, 11) is 0. The zero-order valence-electron chi connectivity index (χ0n) is 8.24. The zero-order valence-corrected chi connectivity index (χ0v) is 9.81. The Morgan fingerprint density at radius 2 is 2.36 bits per heavy atom. The minimum atomic E-state index is 0.645. The van der Waals surface area contributed by atoms with Crippen LogP contribution in [0.15, 0.2) is 0 Å². The molecule has 1 aliphatic rings. The second-order valence-electron chi connectivity index (χ2n) is 3.48. The number of nitrogens with zero attached hydrogens (tertiary/aromatic N) is 3. The van der Waals surface area contributed by atoms with Gasteiger partial charge in [0.1, 0.15) is 5.82 Å². The summed E-state index contributed by atoms with van der Waals surface area (Å²) in [4.78, 5) is 6.71. The highest BCUT2D eigenvalue weighted by atomic mass is 35.5. The van der Waals surface area contributed by atoms with Gasteiger partial charge in [0.05, 0.1) is 0 Å². The van der Waals surface area contributed by atoms with E-state index < -0.39 is 0 Å². The molecule has 78 valence electrons. The molecule has 1 heterocycles. The summed E-state index contributed by atoms with van der Waals surface area (Å²) in [5, 5.41) is 1.02. The molecule has 1 fully saturated rings. The van der Waals surface area contributed by atoms with E-state index in [9.17, 15) is 0 Å². The average molecular weight is 232 g/mol. The van der Waals surface area contributed by atoms with Gasteiger partial charge in [0.25, 0.3) is 0 Å². The van der Waals surface area contributed by atoms with Gasteiger partial charge in [-0.25, -0.2) is 4.98 Å². The van der Waals surface area contributed by atoms with Crippen molar-refractivity contribution in [3.05, 3.63) is 5.82 Å². The van der Waals surface area contributed by atoms with E-state index in [2.05, 4.69) is 21.2 Å². The van der Waals surface area contributed by atoms with Gasteiger partial charge in [-0.15, -0.1) is 11.6 Å². The molecule has 3 nitrogen and oxygen atoms in total. The number of hydrogen-bond donors (Lipinski definition) is 0. The number of alkyl halides is 1. The van der Waals surface area contributed by atoms with Crippen molar-refractivity contribution in [3.63, 3.8) is 0 Å². The summed E-state index contributed by atoms with van der Waals surface area (Å²) in [6.45, 7) is 3.92. The Kier molecular flexibility index (Phi) is 3.23. The molecule has 2 rings (SSSR count). The molecule has 0 atom stereocenters. The predicted molar refractivity (Wildman–Crippen MR) is 60.5 cm³/mol. The molecule has 14 heavy (non-hydrogen) atoms. The first kappa shape index (κ1) is 10.2. The minimum Gasteiger partial charge on any atom is -0.346 e. The van der Waals surface area contributed by atoms with Crippen LogP contribution < -0.4 is 4.90 Å². The van der Waals surface area contributed by atoms with Crippen molar-refractivity contribution in [1.82, 2.24) is 9.36 Å². The lowest BCUT2D eigenvalue weighted by molar-refractivity contribution is 0.853. The lowest BCUT2D eigenvalue weighted by atomic mass is 10.4. The highest BCUT2D eigenvalue weighted by molar-refractivity contribution is 7.09. The second kappa shape index (κ2) is 4.45. The van der Waals surface area contributed by atoms with E-state index in [1.54, 1.807) is 0 Å². The van der Waals surface area contributed by atoms with Crippen LogP contribution in [0.3, 0.4) is 0 Å². The average Bonchev–Trinajstić information content (AvgIpc) is 2.94. The first-order chi connectivity index (χ1) is 6.85. The van der Waals surface area contributed by atoms with Gasteiger partial charge < -0.3 is 4.90 Å². The number of rotatable bonds is 5. The SMILES string of the molecule is CCN(CCCl)c1nc(C2CC2)ns1. The molecule has 0 bridgehead atoms. The molecule has 1 aromatic heterocycles. The van der Waals surface area contributed by atoms with Crippen LogP contribution in [-0.4, -0.2) is 28.3 Å². The fraction of sp³-hybridized carbons (Fsp3) is 0.778. The third-order valence-electron chi connectivity index (χ3n) is 2.38. The van der Waals surface area contributed by atoms with E-state index >= 15 is 0 Å². The van der Waals surface area contributed by atoms with Gasteiger partial charge in [-0.3, -0.25) is 0 Å². The molecular weight excluding hydrogens is 218 g/mol. The topological polar surface area (TPSA) is 29.0 Å². The number of hydrogen-bond acceptors (Lipinski definition) is 4. The molecule has 1 aromatic rings. The van der Waals surface area contributed by atoms with E-state index in [1.807, 2.05) is 0 Å². The highest BCUT2D eigenvalue weighted by Crippen LogP contribution is 2.39. The molecule has 0 aromatic carbocycles. The molecule has 0 aliphatic heterocycles. The van der Waals surface area contributed by atoms with Crippen LogP contribution in [0.25, 0.3) is 0 Å². The van der Waals surface area contributed by atoms with Gasteiger partial charge in [0.15, 0.2) is 0 Å². The fourth-order valence-electron chi connectivity index (χ4n) is 1.35. The smallest absolute Gasteiger partial charge is 0.205 e. The van der Waals surface area contributed by atoms with Gasteiger partial charge in [0, 0.05) is 36.4 Å². The molecule has 0 spiro atoms. The van der Waals surface area contributed by atoms with Crippen molar-refractivity contribution >= 4 is 28.3 Å². The van der Waals surface area contributed by atoms with Crippen LogP contribution >= 0.6 is 23.1 Å². The number of halogens is 1. The van der Waals surface area contributed by atoms with E-state index in [4.69, 9.17) is 11.6 Å². The van der Waals surface area contributed by atoms with Crippen LogP contribution in [0.2, 0.25) is 0 Å². The van der Waals surface area contributed by atoms with Gasteiger partial charge in [-0.2, -0.15) is 4.37 Å². The van der Waals surface area contributed by atoms with Gasteiger partial charge in [0.2, 0.25) is 5.13 Å². The normalized spacial score (nSPS) is 15.9. The predicted octanol–water partition coefficient (Wildman–Crippen LogP) is 2.48. The summed E-state index contributed by atoms with van der Waals surface area (Å²) in [6.07, 6.45) is 2.52. The summed E-state index contributed by atoms with van der Waals surface area (Å²) in [5.41, 5.74) is 0. The van der Waals surface area contributed by atoms with E-state index in [0.29, 0.717) is 11.8 Å². The Bertz CT molecular complexity index is 298. The monoisotopic (exact) mass is 231 g/mol. The molecule has 5 heteroatoms. The summed E-state index contributed by atoms with van der Waals surface area (Å²) in [5.74, 6) is 2.33. The third kappa shape index (κ3) is 2.17. The maximum atomic E-state index is 5.72. The molecular formula is C9H14ClN3S. The molecule has 0 amide bonds. The van der Waals surface area contributed by atoms with Crippen molar-refractivity contribution in [2.24, 2.45) is 0 Å². The standard InChI is InChI=1S/C9H14ClN3S/c1-2-13(6-5-10)9-11-8(12-14-9)7-3-4-7/h7H,2-6H2,1H3. The van der Waals surface area contributed by atoms with Crippen LogP contribution in [-0.2, 0) is 0 Å². The fourth-order valence-corrected chi connectivity index (χ4v) is 2.39. The van der Waals surface area contributed by atoms with E-state index in [0.717, 1.165) is 24.0 Å². The molecule has 0 saturated heterocycles. The second-order valence-corrected chi connectivity index (χ2v) is 4.59. The van der Waals surface area contributed by atoms with Crippen LogP contribution in [0.1, 0.15) is 31.5 Å². The van der Waals surface area contributed by atoms with Crippen LogP contribution in [0.5, 0.6) is 0 Å². The molecule has 0 radical (unpaired) electrons. The Balaban J connectivity index is 2.05. The lowest BCUT2D eigenvalue weighted by Gasteiger charge is -2.16. The summed E-state index contributed by atoms with van der Waals surface area (Å²) < 4.78 is 4.38. The van der Waals surface area contributed by atoms with Crippen molar-refractivity contribution in [2.75, 3.05) is 23.9 Å². The van der Waals surface area contributed by atoms with Crippen LogP contribution in [0, 0.1) is 0 Å². The summed E-state index contributed by atoms with van der Waals surface area (Å²) in [6, 6.07) is 0. The van der Waals surface area contributed by atoms with Crippen molar-refractivity contribution in [3.8, 4) is 0 Å². The van der Waals surface area contributed by atoms with Gasteiger partial charge in [-0.05, 0) is 19.8 Å². The third-order valence-corrected chi connectivity index (χ3v) is 3.34. The Labute approximate surface area is 93.3 Å². The molecule has 1 aliphatic carbocycles. The Morgan fingerprint density at radius 3 is 2.93 bits per heavy atom. The van der Waals surface area contributed by atoms with Crippen molar-refractivity contribution < 1.29 is 0 Å².